The topological polar surface area (TPSA) is 110 Å². The Kier molecular flexibility index (Phi) is 7.67. The lowest BCUT2D eigenvalue weighted by molar-refractivity contribution is -0.121. The molecular formula is C21H27N3O5. The molecule has 1 aromatic carbocycles. The van der Waals surface area contributed by atoms with Crippen molar-refractivity contribution >= 4 is 17.7 Å². The van der Waals surface area contributed by atoms with Gasteiger partial charge in [-0.2, -0.15) is 0 Å². The van der Waals surface area contributed by atoms with E-state index in [1.807, 2.05) is 30.3 Å². The summed E-state index contributed by atoms with van der Waals surface area (Å²) in [5.41, 5.74) is -0.0176. The quantitative estimate of drug-likeness (QED) is 0.630. The van der Waals surface area contributed by atoms with Gasteiger partial charge >= 0.3 is 11.7 Å². The predicted molar refractivity (Wildman–Crippen MR) is 108 cm³/mol. The summed E-state index contributed by atoms with van der Waals surface area (Å²) in [6.45, 7) is 5.21. The van der Waals surface area contributed by atoms with Gasteiger partial charge in [0.1, 0.15) is 5.78 Å². The molecule has 0 radical (unpaired) electrons. The fourth-order valence-electron chi connectivity index (χ4n) is 3.19. The minimum Gasteiger partial charge on any atom is -0.477 e. The van der Waals surface area contributed by atoms with Crippen LogP contribution in [0.4, 0.5) is 0 Å². The number of imidazole rings is 1. The molecular weight excluding hydrogens is 374 g/mol. The highest BCUT2D eigenvalue weighted by Crippen LogP contribution is 2.09. The van der Waals surface area contributed by atoms with E-state index in [4.69, 9.17) is 0 Å². The summed E-state index contributed by atoms with van der Waals surface area (Å²) in [5, 5.41) is 12.3. The summed E-state index contributed by atoms with van der Waals surface area (Å²) in [6.07, 6.45) is 2.60. The molecule has 1 heterocycles. The van der Waals surface area contributed by atoms with Gasteiger partial charge in [0.2, 0.25) is 0 Å². The highest BCUT2D eigenvalue weighted by atomic mass is 16.4. The van der Waals surface area contributed by atoms with Crippen LogP contribution >= 0.6 is 0 Å². The van der Waals surface area contributed by atoms with E-state index in [-0.39, 0.29) is 12.3 Å². The normalized spacial score (nSPS) is 13.1. The zero-order valence-corrected chi connectivity index (χ0v) is 16.9. The van der Waals surface area contributed by atoms with E-state index in [2.05, 4.69) is 5.32 Å². The molecule has 0 bridgehead atoms. The summed E-state index contributed by atoms with van der Waals surface area (Å²) in [6, 6.07) is 8.21. The van der Waals surface area contributed by atoms with E-state index in [9.17, 15) is 24.3 Å². The second-order valence-corrected chi connectivity index (χ2v) is 6.85. The Balaban J connectivity index is 2.20. The molecule has 8 nitrogen and oxygen atoms in total. The Hall–Kier alpha value is -3.00. The molecule has 0 saturated carbocycles. The zero-order valence-electron chi connectivity index (χ0n) is 16.9. The first-order valence-corrected chi connectivity index (χ1v) is 9.72. The molecule has 1 aromatic heterocycles. The van der Waals surface area contributed by atoms with Crippen molar-refractivity contribution in [3.05, 3.63) is 58.3 Å². The molecule has 0 aliphatic heterocycles. The van der Waals surface area contributed by atoms with E-state index in [1.54, 1.807) is 13.8 Å². The fourth-order valence-corrected chi connectivity index (χ4v) is 3.19. The van der Waals surface area contributed by atoms with Crippen molar-refractivity contribution in [1.29, 1.82) is 0 Å². The van der Waals surface area contributed by atoms with Crippen molar-refractivity contribution < 1.29 is 19.5 Å². The number of carboxylic acids is 1. The first-order chi connectivity index (χ1) is 13.8. The molecule has 8 heteroatoms. The second-order valence-electron chi connectivity index (χ2n) is 6.85. The number of hydrogen-bond acceptors (Lipinski definition) is 5. The third-order valence-corrected chi connectivity index (χ3v) is 4.86. The molecule has 2 N–H and O–H groups in total. The molecule has 0 amide bonds. The van der Waals surface area contributed by atoms with Gasteiger partial charge in [-0.05, 0) is 32.3 Å². The molecule has 0 aliphatic carbocycles. The zero-order chi connectivity index (χ0) is 21.6. The summed E-state index contributed by atoms with van der Waals surface area (Å²) < 4.78 is 1.83. The number of aromatic carboxylic acids is 1. The van der Waals surface area contributed by atoms with Gasteiger partial charge in [0.05, 0.1) is 12.1 Å². The van der Waals surface area contributed by atoms with Crippen molar-refractivity contribution in [2.75, 3.05) is 0 Å². The fraction of sp³-hybridized carbons (Fsp3) is 0.429. The molecule has 29 heavy (non-hydrogen) atoms. The third-order valence-electron chi connectivity index (χ3n) is 4.86. The van der Waals surface area contributed by atoms with Gasteiger partial charge in [-0.25, -0.2) is 14.2 Å². The van der Waals surface area contributed by atoms with E-state index in [0.29, 0.717) is 23.8 Å². The van der Waals surface area contributed by atoms with E-state index in [0.717, 1.165) is 16.3 Å². The molecule has 0 fully saturated rings. The SMILES string of the molecule is CCC(=O)[C@H](CCc1ccccc1)N[C@@H](C)C(=O)n1c(C(=O)O)cn(CC)c1=O. The average Bonchev–Trinajstić information content (AvgIpc) is 3.07. The monoisotopic (exact) mass is 401 g/mol. The number of ketones is 1. The summed E-state index contributed by atoms with van der Waals surface area (Å²) in [4.78, 5) is 49.1. The van der Waals surface area contributed by atoms with Crippen LogP contribution in [0.5, 0.6) is 0 Å². The number of aryl methyl sites for hydroxylation is 2. The Morgan fingerprint density at radius 3 is 2.34 bits per heavy atom. The van der Waals surface area contributed by atoms with E-state index in [1.165, 1.54) is 6.92 Å². The molecule has 0 saturated heterocycles. The standard InChI is InChI=1S/C21H27N3O5/c1-4-18(25)16(12-11-15-9-7-6-8-10-15)22-14(3)19(26)24-17(20(27)28)13-23(5-2)21(24)29/h6-10,13-14,16,22H,4-5,11-12H2,1-3H3,(H,27,28)/t14-,16-/m0/s1. The lowest BCUT2D eigenvalue weighted by atomic mass is 10.00. The van der Waals surface area contributed by atoms with Gasteiger partial charge < -0.3 is 5.11 Å². The summed E-state index contributed by atoms with van der Waals surface area (Å²) in [5.74, 6) is -2.11. The number of nitrogens with one attached hydrogen (secondary N) is 1. The van der Waals surface area contributed by atoms with Crippen LogP contribution in [0.25, 0.3) is 0 Å². The van der Waals surface area contributed by atoms with Crippen LogP contribution in [0, 0.1) is 0 Å². The Morgan fingerprint density at radius 2 is 1.79 bits per heavy atom. The van der Waals surface area contributed by atoms with Gasteiger partial charge in [-0.15, -0.1) is 0 Å². The van der Waals surface area contributed by atoms with Gasteiger partial charge in [-0.3, -0.25) is 19.5 Å². The van der Waals surface area contributed by atoms with E-state index < -0.39 is 35.3 Å². The minimum absolute atomic E-state index is 0.0440. The molecule has 2 atom stereocenters. The van der Waals surface area contributed by atoms with E-state index >= 15 is 0 Å². The van der Waals surface area contributed by atoms with Crippen LogP contribution in [0.3, 0.4) is 0 Å². The average molecular weight is 401 g/mol. The number of nitrogens with zero attached hydrogens (tertiary/aromatic N) is 2. The number of aromatic nitrogens is 2. The number of hydrogen-bond donors (Lipinski definition) is 2. The number of benzene rings is 1. The van der Waals surface area contributed by atoms with Gasteiger partial charge in [0.25, 0.3) is 5.91 Å². The maximum atomic E-state index is 12.9. The highest BCUT2D eigenvalue weighted by molar-refractivity contribution is 5.94. The number of carbonyl (C=O) groups is 3. The van der Waals surface area contributed by atoms with Crippen molar-refractivity contribution in [3.63, 3.8) is 0 Å². The first kappa shape index (κ1) is 22.3. The van der Waals surface area contributed by atoms with Crippen molar-refractivity contribution in [3.8, 4) is 0 Å². The maximum absolute atomic E-state index is 12.9. The Labute approximate surface area is 169 Å². The van der Waals surface area contributed by atoms with Crippen molar-refractivity contribution in [2.45, 2.75) is 58.7 Å². The number of carbonyl (C=O) groups excluding carboxylic acids is 2. The molecule has 2 rings (SSSR count). The smallest absolute Gasteiger partial charge is 0.354 e. The van der Waals surface area contributed by atoms with Gasteiger partial charge in [-0.1, -0.05) is 37.3 Å². The first-order valence-electron chi connectivity index (χ1n) is 9.72. The Morgan fingerprint density at radius 1 is 1.14 bits per heavy atom. The van der Waals surface area contributed by atoms with Gasteiger partial charge in [0.15, 0.2) is 5.69 Å². The number of carboxylic acid groups (broad SMARTS) is 1. The maximum Gasteiger partial charge on any atom is 0.354 e. The number of Topliss-reactive ketones (excluding diaryl/α,β-unsaturated/α-hetero) is 1. The molecule has 0 aliphatic rings. The molecule has 0 spiro atoms. The summed E-state index contributed by atoms with van der Waals surface area (Å²) in [7, 11) is 0. The second kappa shape index (κ2) is 9.97. The van der Waals surface area contributed by atoms with Crippen LogP contribution < -0.4 is 11.0 Å². The van der Waals surface area contributed by atoms with Crippen molar-refractivity contribution in [2.24, 2.45) is 0 Å². The molecule has 2 aromatic rings. The largest absolute Gasteiger partial charge is 0.477 e. The van der Waals surface area contributed by atoms with Crippen LogP contribution in [-0.2, 0) is 17.8 Å². The van der Waals surface area contributed by atoms with Crippen LogP contribution in [0.2, 0.25) is 0 Å². The molecule has 156 valence electrons. The van der Waals surface area contributed by atoms with Crippen LogP contribution in [0.15, 0.2) is 41.3 Å². The third kappa shape index (κ3) is 5.29. The highest BCUT2D eigenvalue weighted by Gasteiger charge is 2.28. The Bertz CT molecular complexity index is 930. The predicted octanol–water partition coefficient (Wildman–Crippen LogP) is 1.97. The van der Waals surface area contributed by atoms with Gasteiger partial charge in [0, 0.05) is 19.2 Å². The van der Waals surface area contributed by atoms with Crippen LogP contribution in [0.1, 0.15) is 54.5 Å². The number of rotatable bonds is 10. The molecule has 0 unspecified atom stereocenters. The lowest BCUT2D eigenvalue weighted by Gasteiger charge is -2.21. The van der Waals surface area contributed by atoms with Crippen molar-refractivity contribution in [1.82, 2.24) is 14.5 Å². The lowest BCUT2D eigenvalue weighted by Crippen LogP contribution is -2.49. The summed E-state index contributed by atoms with van der Waals surface area (Å²) >= 11 is 0. The minimum atomic E-state index is -1.36. The van der Waals surface area contributed by atoms with Crippen LogP contribution in [-0.4, -0.2) is 44.0 Å².